The molecule has 1 aromatic rings. The molecule has 1 amide bonds. The van der Waals surface area contributed by atoms with Crippen LogP contribution in [0.3, 0.4) is 0 Å². The third-order valence-electron chi connectivity index (χ3n) is 4.35. The first-order valence-electron chi connectivity index (χ1n) is 6.47. The molecule has 2 aliphatic rings. The smallest absolute Gasteiger partial charge is 0.227 e. The Morgan fingerprint density at radius 3 is 2.42 bits per heavy atom. The van der Waals surface area contributed by atoms with Crippen LogP contribution in [-0.2, 0) is 4.79 Å². The van der Waals surface area contributed by atoms with Gasteiger partial charge in [0.1, 0.15) is 5.82 Å². The third-order valence-corrected chi connectivity index (χ3v) is 4.35. The van der Waals surface area contributed by atoms with Crippen molar-refractivity contribution in [1.82, 2.24) is 10.6 Å². The summed E-state index contributed by atoms with van der Waals surface area (Å²) in [5, 5.41) is 6.28. The number of hydrogen-bond acceptors (Lipinski definition) is 2. The van der Waals surface area contributed by atoms with Crippen molar-refractivity contribution in [2.75, 3.05) is 19.6 Å². The zero-order valence-electron chi connectivity index (χ0n) is 10.6. The average Bonchev–Trinajstić information content (AvgIpc) is 2.70. The highest BCUT2D eigenvalue weighted by Gasteiger charge is 2.50. The van der Waals surface area contributed by atoms with Crippen molar-refractivity contribution in [3.63, 3.8) is 0 Å². The molecule has 5 heteroatoms. The van der Waals surface area contributed by atoms with Crippen LogP contribution in [0.25, 0.3) is 0 Å². The van der Waals surface area contributed by atoms with Crippen LogP contribution in [-0.4, -0.2) is 25.5 Å². The SMILES string of the molecule is Cl.O=C1NCC(c2ccc(F)cc2)C12CCNCC2. The van der Waals surface area contributed by atoms with E-state index in [-0.39, 0.29) is 35.5 Å². The molecule has 3 rings (SSSR count). The van der Waals surface area contributed by atoms with Crippen LogP contribution in [0, 0.1) is 11.2 Å². The lowest BCUT2D eigenvalue weighted by atomic mass is 9.68. The van der Waals surface area contributed by atoms with Gasteiger partial charge in [-0.05, 0) is 43.6 Å². The molecular weight excluding hydrogens is 267 g/mol. The number of carbonyl (C=O) groups is 1. The average molecular weight is 285 g/mol. The van der Waals surface area contributed by atoms with Crippen molar-refractivity contribution in [1.29, 1.82) is 0 Å². The molecule has 2 saturated heterocycles. The molecule has 0 radical (unpaired) electrons. The van der Waals surface area contributed by atoms with E-state index in [2.05, 4.69) is 10.6 Å². The Kier molecular flexibility index (Phi) is 4.11. The fraction of sp³-hybridized carbons (Fsp3) is 0.500. The van der Waals surface area contributed by atoms with Gasteiger partial charge in [-0.1, -0.05) is 12.1 Å². The minimum Gasteiger partial charge on any atom is -0.355 e. The summed E-state index contributed by atoms with van der Waals surface area (Å²) < 4.78 is 13.0. The summed E-state index contributed by atoms with van der Waals surface area (Å²) in [7, 11) is 0. The quantitative estimate of drug-likeness (QED) is 0.826. The van der Waals surface area contributed by atoms with Crippen LogP contribution in [0.5, 0.6) is 0 Å². The monoisotopic (exact) mass is 284 g/mol. The van der Waals surface area contributed by atoms with E-state index in [0.29, 0.717) is 6.54 Å². The Morgan fingerprint density at radius 1 is 1.16 bits per heavy atom. The first kappa shape index (κ1) is 14.3. The minimum absolute atomic E-state index is 0. The highest BCUT2D eigenvalue weighted by molar-refractivity contribution is 5.86. The van der Waals surface area contributed by atoms with Crippen LogP contribution < -0.4 is 10.6 Å². The Bertz CT molecular complexity index is 457. The molecule has 104 valence electrons. The number of hydrogen-bond donors (Lipinski definition) is 2. The molecular formula is C14H18ClFN2O. The molecule has 2 N–H and O–H groups in total. The molecule has 2 aliphatic heterocycles. The van der Waals surface area contributed by atoms with Crippen molar-refractivity contribution in [2.45, 2.75) is 18.8 Å². The minimum atomic E-state index is -0.289. The topological polar surface area (TPSA) is 41.1 Å². The third kappa shape index (κ3) is 2.35. The Morgan fingerprint density at radius 2 is 1.79 bits per heavy atom. The number of rotatable bonds is 1. The maximum Gasteiger partial charge on any atom is 0.227 e. The predicted molar refractivity (Wildman–Crippen MR) is 73.9 cm³/mol. The summed E-state index contributed by atoms with van der Waals surface area (Å²) in [5.74, 6) is 0.112. The van der Waals surface area contributed by atoms with Crippen LogP contribution in [0.4, 0.5) is 4.39 Å². The number of benzene rings is 1. The molecule has 0 saturated carbocycles. The number of halogens is 2. The van der Waals surface area contributed by atoms with Crippen molar-refractivity contribution in [2.24, 2.45) is 5.41 Å². The van der Waals surface area contributed by atoms with Crippen molar-refractivity contribution in [3.8, 4) is 0 Å². The fourth-order valence-electron chi connectivity index (χ4n) is 3.30. The largest absolute Gasteiger partial charge is 0.355 e. The lowest BCUT2D eigenvalue weighted by Crippen LogP contribution is -2.44. The van der Waals surface area contributed by atoms with Gasteiger partial charge in [-0.2, -0.15) is 0 Å². The lowest BCUT2D eigenvalue weighted by molar-refractivity contribution is -0.129. The Hall–Kier alpha value is -1.13. The van der Waals surface area contributed by atoms with Gasteiger partial charge in [0.2, 0.25) is 5.91 Å². The highest BCUT2D eigenvalue weighted by Crippen LogP contribution is 2.46. The van der Waals surface area contributed by atoms with E-state index in [9.17, 15) is 9.18 Å². The second kappa shape index (κ2) is 5.47. The normalized spacial score (nSPS) is 24.9. The molecule has 3 nitrogen and oxygen atoms in total. The van der Waals surface area contributed by atoms with E-state index in [1.54, 1.807) is 0 Å². The number of piperidine rings is 1. The van der Waals surface area contributed by atoms with Gasteiger partial charge in [0, 0.05) is 12.5 Å². The molecule has 0 aliphatic carbocycles. The Labute approximate surface area is 118 Å². The number of carbonyl (C=O) groups excluding carboxylic acids is 1. The predicted octanol–water partition coefficient (Wildman–Crippen LogP) is 1.83. The molecule has 1 unspecified atom stereocenters. The lowest BCUT2D eigenvalue weighted by Gasteiger charge is -2.36. The van der Waals surface area contributed by atoms with Gasteiger partial charge in [-0.25, -0.2) is 4.39 Å². The fourth-order valence-corrected chi connectivity index (χ4v) is 3.30. The van der Waals surface area contributed by atoms with Gasteiger partial charge in [-0.3, -0.25) is 4.79 Å². The summed E-state index contributed by atoms with van der Waals surface area (Å²) in [6.45, 7) is 2.43. The number of nitrogens with one attached hydrogen (secondary N) is 2. The summed E-state index contributed by atoms with van der Waals surface area (Å²) in [4.78, 5) is 12.2. The highest BCUT2D eigenvalue weighted by atomic mass is 35.5. The van der Waals surface area contributed by atoms with E-state index in [1.165, 1.54) is 12.1 Å². The van der Waals surface area contributed by atoms with Gasteiger partial charge < -0.3 is 10.6 Å². The van der Waals surface area contributed by atoms with E-state index >= 15 is 0 Å². The molecule has 1 atom stereocenters. The van der Waals surface area contributed by atoms with Gasteiger partial charge in [-0.15, -0.1) is 12.4 Å². The molecule has 0 bridgehead atoms. The van der Waals surface area contributed by atoms with Gasteiger partial charge >= 0.3 is 0 Å². The number of amides is 1. The standard InChI is InChI=1S/C14H17FN2O.ClH/c15-11-3-1-10(2-4-11)12-9-17-13(18)14(12)5-7-16-8-6-14;/h1-4,12,16H,5-9H2,(H,17,18);1H. The van der Waals surface area contributed by atoms with Crippen LogP contribution in [0.1, 0.15) is 24.3 Å². The van der Waals surface area contributed by atoms with Crippen molar-refractivity contribution >= 4 is 18.3 Å². The first-order valence-corrected chi connectivity index (χ1v) is 6.47. The molecule has 19 heavy (non-hydrogen) atoms. The molecule has 0 aromatic heterocycles. The second-order valence-electron chi connectivity index (χ2n) is 5.22. The van der Waals surface area contributed by atoms with E-state index in [0.717, 1.165) is 31.5 Å². The van der Waals surface area contributed by atoms with Crippen LogP contribution >= 0.6 is 12.4 Å². The zero-order chi connectivity index (χ0) is 12.6. The van der Waals surface area contributed by atoms with Gasteiger partial charge in [0.05, 0.1) is 5.41 Å². The molecule has 1 spiro atoms. The summed E-state index contributed by atoms with van der Waals surface area (Å²) >= 11 is 0. The summed E-state index contributed by atoms with van der Waals surface area (Å²) in [5.41, 5.74) is 0.778. The summed E-state index contributed by atoms with van der Waals surface area (Å²) in [6, 6.07) is 6.58. The first-order chi connectivity index (χ1) is 8.72. The second-order valence-corrected chi connectivity index (χ2v) is 5.22. The van der Waals surface area contributed by atoms with Crippen LogP contribution in [0.15, 0.2) is 24.3 Å². The van der Waals surface area contributed by atoms with Gasteiger partial charge in [0.25, 0.3) is 0 Å². The zero-order valence-corrected chi connectivity index (χ0v) is 11.4. The maximum absolute atomic E-state index is 13.0. The molecule has 1 aromatic carbocycles. The van der Waals surface area contributed by atoms with Crippen LogP contribution in [0.2, 0.25) is 0 Å². The molecule has 2 fully saturated rings. The van der Waals surface area contributed by atoms with E-state index < -0.39 is 0 Å². The summed E-state index contributed by atoms with van der Waals surface area (Å²) in [6.07, 6.45) is 1.72. The van der Waals surface area contributed by atoms with Crippen molar-refractivity contribution < 1.29 is 9.18 Å². The van der Waals surface area contributed by atoms with E-state index in [4.69, 9.17) is 0 Å². The van der Waals surface area contributed by atoms with Crippen molar-refractivity contribution in [3.05, 3.63) is 35.6 Å². The van der Waals surface area contributed by atoms with E-state index in [1.807, 2.05) is 12.1 Å². The Balaban J connectivity index is 0.00000133. The van der Waals surface area contributed by atoms with Gasteiger partial charge in [0.15, 0.2) is 0 Å². The molecule has 2 heterocycles. The maximum atomic E-state index is 13.0.